The molecule has 5 rings (SSSR count). The first-order valence-corrected chi connectivity index (χ1v) is 18.3. The zero-order valence-electron chi connectivity index (χ0n) is 27.8. The molecule has 10 heteroatoms. The van der Waals surface area contributed by atoms with E-state index >= 15 is 0 Å². The molecule has 0 aliphatic carbocycles. The molecule has 0 saturated carbocycles. The fourth-order valence-electron chi connectivity index (χ4n) is 5.40. The molecule has 5 aromatic carbocycles. The van der Waals surface area contributed by atoms with Gasteiger partial charge >= 0.3 is 0 Å². The number of carbonyl (C=O) groups is 2. The molecule has 8 nitrogen and oxygen atoms in total. The Bertz CT molecular complexity index is 1930. The maximum Gasteiger partial charge on any atom is 0.264 e. The second-order valence-electron chi connectivity index (χ2n) is 11.7. The Morgan fingerprint density at radius 2 is 1.32 bits per heavy atom. The van der Waals surface area contributed by atoms with Crippen molar-refractivity contribution in [3.8, 4) is 11.5 Å². The van der Waals surface area contributed by atoms with Crippen molar-refractivity contribution in [2.75, 3.05) is 17.4 Å². The first kappa shape index (κ1) is 36.2. The van der Waals surface area contributed by atoms with Crippen LogP contribution < -0.4 is 14.4 Å². The summed E-state index contributed by atoms with van der Waals surface area (Å²) >= 11 is 6.18. The normalized spacial score (nSPS) is 11.7. The third-order valence-corrected chi connectivity index (χ3v) is 10.1. The van der Waals surface area contributed by atoms with Crippen LogP contribution in [-0.2, 0) is 32.6 Å². The van der Waals surface area contributed by atoms with E-state index in [1.807, 2.05) is 67.6 Å². The molecule has 1 N–H and O–H groups in total. The van der Waals surface area contributed by atoms with Crippen LogP contribution in [0.2, 0.25) is 5.02 Å². The summed E-state index contributed by atoms with van der Waals surface area (Å²) in [7, 11) is -4.23. The summed E-state index contributed by atoms with van der Waals surface area (Å²) in [5, 5.41) is 3.53. The molecule has 0 aliphatic heterocycles. The van der Waals surface area contributed by atoms with Crippen molar-refractivity contribution in [3.05, 3.63) is 156 Å². The largest absolute Gasteiger partial charge is 0.457 e. The van der Waals surface area contributed by atoms with Crippen LogP contribution in [0.25, 0.3) is 0 Å². The molecule has 258 valence electrons. The van der Waals surface area contributed by atoms with E-state index in [9.17, 15) is 18.0 Å². The minimum atomic E-state index is -4.23. The van der Waals surface area contributed by atoms with Gasteiger partial charge in [0.05, 0.1) is 10.6 Å². The average molecular weight is 710 g/mol. The van der Waals surface area contributed by atoms with E-state index in [0.717, 1.165) is 28.3 Å². The van der Waals surface area contributed by atoms with Gasteiger partial charge in [-0.3, -0.25) is 13.9 Å². The lowest BCUT2D eigenvalue weighted by molar-refractivity contribution is -0.140. The molecular weight excluding hydrogens is 670 g/mol. The molecular formula is C40H40ClN3O5S. The van der Waals surface area contributed by atoms with Crippen LogP contribution in [0.4, 0.5) is 5.69 Å². The highest BCUT2D eigenvalue weighted by Crippen LogP contribution is 2.29. The van der Waals surface area contributed by atoms with Crippen molar-refractivity contribution in [1.29, 1.82) is 0 Å². The van der Waals surface area contributed by atoms with E-state index in [4.69, 9.17) is 16.3 Å². The Hall–Kier alpha value is -5.12. The van der Waals surface area contributed by atoms with Gasteiger partial charge in [-0.25, -0.2) is 8.42 Å². The van der Waals surface area contributed by atoms with Crippen molar-refractivity contribution in [2.45, 2.75) is 43.7 Å². The maximum atomic E-state index is 14.6. The van der Waals surface area contributed by atoms with Crippen molar-refractivity contribution < 1.29 is 22.7 Å². The maximum absolute atomic E-state index is 14.6. The average Bonchev–Trinajstić information content (AvgIpc) is 3.14. The zero-order chi connectivity index (χ0) is 35.3. The van der Waals surface area contributed by atoms with Crippen molar-refractivity contribution in [2.24, 2.45) is 0 Å². The van der Waals surface area contributed by atoms with Gasteiger partial charge in [-0.1, -0.05) is 104 Å². The van der Waals surface area contributed by atoms with Crippen LogP contribution in [0.3, 0.4) is 0 Å². The SMILES string of the molecule is CCCCNC(=O)[C@H](Cc1ccccc1)N(Cc1ccc(Cl)cc1)C(=O)CN(c1ccc(Oc2ccccc2)cc1)S(=O)(=O)c1ccccc1. The Morgan fingerprint density at radius 3 is 1.94 bits per heavy atom. The molecule has 2 amide bonds. The van der Waals surface area contributed by atoms with E-state index in [0.29, 0.717) is 23.1 Å². The minimum absolute atomic E-state index is 0.0276. The van der Waals surface area contributed by atoms with E-state index in [1.54, 1.807) is 66.7 Å². The summed E-state index contributed by atoms with van der Waals surface area (Å²) in [6, 6.07) is 39.3. The predicted octanol–water partition coefficient (Wildman–Crippen LogP) is 7.88. The van der Waals surface area contributed by atoms with Crippen molar-refractivity contribution in [1.82, 2.24) is 10.2 Å². The van der Waals surface area contributed by atoms with Gasteiger partial charge in [0.2, 0.25) is 11.8 Å². The highest BCUT2D eigenvalue weighted by molar-refractivity contribution is 7.92. The Kier molecular flexibility index (Phi) is 12.7. The van der Waals surface area contributed by atoms with Gasteiger partial charge < -0.3 is 15.0 Å². The van der Waals surface area contributed by atoms with Crippen LogP contribution in [0, 0.1) is 0 Å². The van der Waals surface area contributed by atoms with Gasteiger partial charge in [-0.15, -0.1) is 0 Å². The number of halogens is 1. The fourth-order valence-corrected chi connectivity index (χ4v) is 6.96. The molecule has 5 aromatic rings. The smallest absolute Gasteiger partial charge is 0.264 e. The second-order valence-corrected chi connectivity index (χ2v) is 14.0. The number of sulfonamides is 1. The van der Waals surface area contributed by atoms with Gasteiger partial charge in [0.15, 0.2) is 0 Å². The number of para-hydroxylation sites is 1. The number of nitrogens with one attached hydrogen (secondary N) is 1. The van der Waals surface area contributed by atoms with Crippen LogP contribution in [0.5, 0.6) is 11.5 Å². The topological polar surface area (TPSA) is 96.0 Å². The molecule has 0 unspecified atom stereocenters. The summed E-state index contributed by atoms with van der Waals surface area (Å²) in [6.07, 6.45) is 1.90. The minimum Gasteiger partial charge on any atom is -0.457 e. The second kappa shape index (κ2) is 17.5. The zero-order valence-corrected chi connectivity index (χ0v) is 29.4. The van der Waals surface area contributed by atoms with Gasteiger partial charge in [0.25, 0.3) is 10.0 Å². The van der Waals surface area contributed by atoms with Crippen LogP contribution in [0.15, 0.2) is 144 Å². The number of unbranched alkanes of at least 4 members (excludes halogenated alkanes) is 1. The number of hydrogen-bond donors (Lipinski definition) is 1. The third-order valence-electron chi connectivity index (χ3n) is 8.08. The number of benzene rings is 5. The highest BCUT2D eigenvalue weighted by atomic mass is 35.5. The number of hydrogen-bond acceptors (Lipinski definition) is 5. The van der Waals surface area contributed by atoms with E-state index in [-0.39, 0.29) is 29.5 Å². The number of carbonyl (C=O) groups excluding carboxylic acids is 2. The van der Waals surface area contributed by atoms with E-state index in [2.05, 4.69) is 5.32 Å². The first-order chi connectivity index (χ1) is 24.2. The van der Waals surface area contributed by atoms with Gasteiger partial charge in [-0.05, 0) is 78.2 Å². The van der Waals surface area contributed by atoms with E-state index < -0.39 is 28.5 Å². The number of nitrogens with zero attached hydrogens (tertiary/aromatic N) is 2. The molecule has 1 atom stereocenters. The number of anilines is 1. The highest BCUT2D eigenvalue weighted by Gasteiger charge is 2.34. The summed E-state index contributed by atoms with van der Waals surface area (Å²) in [4.78, 5) is 30.0. The van der Waals surface area contributed by atoms with Crippen LogP contribution in [-0.4, -0.2) is 44.3 Å². The summed E-state index contributed by atoms with van der Waals surface area (Å²) in [5.41, 5.74) is 1.86. The van der Waals surface area contributed by atoms with Crippen molar-refractivity contribution >= 4 is 39.1 Å². The lowest BCUT2D eigenvalue weighted by Gasteiger charge is -2.34. The predicted molar refractivity (Wildman–Crippen MR) is 198 cm³/mol. The molecule has 0 bridgehead atoms. The molecule has 0 aromatic heterocycles. The third kappa shape index (κ3) is 9.74. The lowest BCUT2D eigenvalue weighted by atomic mass is 10.0. The van der Waals surface area contributed by atoms with Gasteiger partial charge in [-0.2, -0.15) is 0 Å². The Labute approximate surface area is 299 Å². The fraction of sp³-hybridized carbons (Fsp3) is 0.200. The van der Waals surface area contributed by atoms with Crippen LogP contribution in [0.1, 0.15) is 30.9 Å². The standard InChI is InChI=1S/C40H40ClN3O5S/c1-2-3-27-42-40(46)38(28-31-13-7-4-8-14-31)43(29-32-19-21-33(41)22-20-32)39(45)30-44(50(47,48)37-17-11-6-12-18-37)34-23-25-36(26-24-34)49-35-15-9-5-10-16-35/h4-26,38H,2-3,27-30H2,1H3,(H,42,46)/t38-/m0/s1. The molecule has 0 spiro atoms. The molecule has 0 radical (unpaired) electrons. The quantitative estimate of drug-likeness (QED) is 0.105. The summed E-state index contributed by atoms with van der Waals surface area (Å²) in [6.45, 7) is 1.98. The summed E-state index contributed by atoms with van der Waals surface area (Å²) < 4.78 is 35.5. The summed E-state index contributed by atoms with van der Waals surface area (Å²) in [5.74, 6) is 0.267. The molecule has 50 heavy (non-hydrogen) atoms. The van der Waals surface area contributed by atoms with Crippen LogP contribution >= 0.6 is 11.6 Å². The number of amides is 2. The molecule has 0 aliphatic rings. The van der Waals surface area contributed by atoms with E-state index in [1.165, 1.54) is 17.0 Å². The van der Waals surface area contributed by atoms with Gasteiger partial charge in [0.1, 0.15) is 24.1 Å². The first-order valence-electron chi connectivity index (χ1n) is 16.5. The Balaban J connectivity index is 1.53. The monoisotopic (exact) mass is 709 g/mol. The number of rotatable bonds is 16. The van der Waals surface area contributed by atoms with Gasteiger partial charge in [0, 0.05) is 24.5 Å². The molecule has 0 saturated heterocycles. The molecule has 0 heterocycles. The van der Waals surface area contributed by atoms with Crippen molar-refractivity contribution in [3.63, 3.8) is 0 Å². The lowest BCUT2D eigenvalue weighted by Crippen LogP contribution is -2.53. The number of ether oxygens (including phenoxy) is 1. The Morgan fingerprint density at radius 1 is 0.740 bits per heavy atom. The molecule has 0 fully saturated rings.